The van der Waals surface area contributed by atoms with Crippen molar-refractivity contribution in [2.45, 2.75) is 9.96 Å². The molecule has 0 heterocycles. The summed E-state index contributed by atoms with van der Waals surface area (Å²) < 4.78 is -1.94. The first-order chi connectivity index (χ1) is 14.6. The van der Waals surface area contributed by atoms with Crippen molar-refractivity contribution in [3.8, 4) is 0 Å². The molecule has 3 aromatic carbocycles. The van der Waals surface area contributed by atoms with Gasteiger partial charge in [0.05, 0.1) is 4.92 Å². The lowest BCUT2D eigenvalue weighted by atomic mass is 10.1. The summed E-state index contributed by atoms with van der Waals surface area (Å²) in [4.78, 5) is 22.7. The highest BCUT2D eigenvalue weighted by atomic mass is 35.6. The van der Waals surface area contributed by atoms with E-state index in [-0.39, 0.29) is 16.4 Å². The second-order valence-corrected chi connectivity index (χ2v) is 9.15. The molecule has 31 heavy (non-hydrogen) atoms. The number of benzene rings is 3. The molecule has 0 radical (unpaired) electrons. The molecule has 1 atom stereocenters. The van der Waals surface area contributed by atoms with Crippen molar-refractivity contribution < 1.29 is 9.72 Å². The van der Waals surface area contributed by atoms with E-state index in [0.29, 0.717) is 0 Å². The molecule has 7 nitrogen and oxygen atoms in total. The lowest BCUT2D eigenvalue weighted by Gasteiger charge is -2.28. The zero-order valence-corrected chi connectivity index (χ0v) is 18.7. The standard InChI is InChI=1S/C20H15Cl3N4O3S/c21-20(22,23)18(25-17(28)13-8-10-14(11-9-13)27(29)30)26-19(31)24-16-7-3-5-12-4-1-2-6-15(12)16/h1-11,18H,(H,25,28)(H2,24,26,31). The number of nitrogens with one attached hydrogen (secondary N) is 3. The first-order valence-corrected chi connectivity index (χ1v) is 10.4. The number of hydrogen-bond donors (Lipinski definition) is 3. The number of nitro groups is 1. The molecule has 0 saturated heterocycles. The van der Waals surface area contributed by atoms with Gasteiger partial charge in [-0.25, -0.2) is 0 Å². The number of amides is 1. The maximum atomic E-state index is 12.5. The smallest absolute Gasteiger partial charge is 0.269 e. The number of non-ortho nitro benzene ring substituents is 1. The fraction of sp³-hybridized carbons (Fsp3) is 0.100. The van der Waals surface area contributed by atoms with Crippen LogP contribution in [0, 0.1) is 10.1 Å². The third-order valence-corrected chi connectivity index (χ3v) is 5.13. The Kier molecular flexibility index (Phi) is 7.17. The van der Waals surface area contributed by atoms with Gasteiger partial charge in [-0.3, -0.25) is 14.9 Å². The van der Waals surface area contributed by atoms with E-state index in [2.05, 4.69) is 16.0 Å². The van der Waals surface area contributed by atoms with Crippen molar-refractivity contribution in [2.75, 3.05) is 5.32 Å². The van der Waals surface area contributed by atoms with E-state index in [0.717, 1.165) is 16.5 Å². The van der Waals surface area contributed by atoms with Crippen LogP contribution in [0.25, 0.3) is 10.8 Å². The van der Waals surface area contributed by atoms with E-state index in [1.165, 1.54) is 24.3 Å². The minimum absolute atomic E-state index is 0.122. The summed E-state index contributed by atoms with van der Waals surface area (Å²) in [5.74, 6) is -0.605. The van der Waals surface area contributed by atoms with Crippen LogP contribution in [0.1, 0.15) is 10.4 Å². The SMILES string of the molecule is O=C(NC(NC(=S)Nc1cccc2ccccc12)C(Cl)(Cl)Cl)c1ccc([N+](=O)[O-])cc1. The molecule has 0 aliphatic heterocycles. The van der Waals surface area contributed by atoms with Gasteiger partial charge in [-0.15, -0.1) is 0 Å². The number of fused-ring (bicyclic) bond motifs is 1. The minimum Gasteiger partial charge on any atom is -0.339 e. The van der Waals surface area contributed by atoms with E-state index in [9.17, 15) is 14.9 Å². The van der Waals surface area contributed by atoms with Crippen molar-refractivity contribution >= 4 is 80.2 Å². The Morgan fingerprint density at radius 1 is 0.968 bits per heavy atom. The van der Waals surface area contributed by atoms with Crippen LogP contribution in [-0.2, 0) is 0 Å². The van der Waals surface area contributed by atoms with Gasteiger partial charge in [0.1, 0.15) is 6.17 Å². The first kappa shape index (κ1) is 23.0. The Morgan fingerprint density at radius 3 is 2.26 bits per heavy atom. The van der Waals surface area contributed by atoms with Gasteiger partial charge in [0.25, 0.3) is 11.6 Å². The zero-order chi connectivity index (χ0) is 22.6. The van der Waals surface area contributed by atoms with Gasteiger partial charge in [0, 0.05) is 28.8 Å². The molecule has 3 rings (SSSR count). The molecule has 0 fully saturated rings. The first-order valence-electron chi connectivity index (χ1n) is 8.82. The molecule has 1 amide bonds. The van der Waals surface area contributed by atoms with Crippen molar-refractivity contribution in [3.63, 3.8) is 0 Å². The number of thiocarbonyl (C=S) groups is 1. The third-order valence-electron chi connectivity index (χ3n) is 4.26. The molecule has 3 aromatic rings. The molecule has 0 spiro atoms. The van der Waals surface area contributed by atoms with Crippen LogP contribution in [0.15, 0.2) is 66.7 Å². The summed E-state index contributed by atoms with van der Waals surface area (Å²) in [6.45, 7) is 0. The monoisotopic (exact) mass is 496 g/mol. The van der Waals surface area contributed by atoms with Crippen molar-refractivity contribution in [2.24, 2.45) is 0 Å². The van der Waals surface area contributed by atoms with Crippen LogP contribution in [-0.4, -0.2) is 25.9 Å². The molecular weight excluding hydrogens is 483 g/mol. The van der Waals surface area contributed by atoms with Crippen LogP contribution in [0.3, 0.4) is 0 Å². The average Bonchev–Trinajstić information content (AvgIpc) is 2.73. The fourth-order valence-electron chi connectivity index (χ4n) is 2.77. The highest BCUT2D eigenvalue weighted by molar-refractivity contribution is 7.80. The predicted molar refractivity (Wildman–Crippen MR) is 128 cm³/mol. The number of alkyl halides is 3. The van der Waals surface area contributed by atoms with Gasteiger partial charge in [0.2, 0.25) is 3.79 Å². The predicted octanol–water partition coefficient (Wildman–Crippen LogP) is 5.16. The van der Waals surface area contributed by atoms with E-state index in [1.54, 1.807) is 0 Å². The van der Waals surface area contributed by atoms with Gasteiger partial charge in [-0.2, -0.15) is 0 Å². The van der Waals surface area contributed by atoms with Gasteiger partial charge >= 0.3 is 0 Å². The zero-order valence-electron chi connectivity index (χ0n) is 15.6. The third kappa shape index (κ3) is 5.95. The van der Waals surface area contributed by atoms with E-state index >= 15 is 0 Å². The molecule has 0 bridgehead atoms. The highest BCUT2D eigenvalue weighted by Crippen LogP contribution is 2.30. The lowest BCUT2D eigenvalue weighted by molar-refractivity contribution is -0.384. The summed E-state index contributed by atoms with van der Waals surface area (Å²) in [5.41, 5.74) is 0.744. The maximum Gasteiger partial charge on any atom is 0.269 e. The Hall–Kier alpha value is -2.65. The Balaban J connectivity index is 1.73. The number of nitro benzene ring substituents is 1. The van der Waals surface area contributed by atoms with Crippen LogP contribution >= 0.6 is 47.0 Å². The molecule has 0 aromatic heterocycles. The Bertz CT molecular complexity index is 1130. The molecule has 3 N–H and O–H groups in total. The van der Waals surface area contributed by atoms with Crippen molar-refractivity contribution in [3.05, 3.63) is 82.4 Å². The van der Waals surface area contributed by atoms with E-state index in [1.807, 2.05) is 42.5 Å². The summed E-state index contributed by atoms with van der Waals surface area (Å²) in [6.07, 6.45) is -1.19. The average molecular weight is 498 g/mol. The molecule has 11 heteroatoms. The minimum atomic E-state index is -1.94. The number of rotatable bonds is 5. The number of carbonyl (C=O) groups excluding carboxylic acids is 1. The van der Waals surface area contributed by atoms with Gasteiger partial charge < -0.3 is 16.0 Å². The van der Waals surface area contributed by atoms with Gasteiger partial charge in [-0.1, -0.05) is 71.2 Å². The topological polar surface area (TPSA) is 96.3 Å². The van der Waals surface area contributed by atoms with Gasteiger partial charge in [0.15, 0.2) is 5.11 Å². The number of carbonyl (C=O) groups is 1. The number of anilines is 1. The molecule has 0 saturated carbocycles. The molecule has 0 aliphatic carbocycles. The summed E-state index contributed by atoms with van der Waals surface area (Å²) in [7, 11) is 0. The van der Waals surface area contributed by atoms with Crippen molar-refractivity contribution in [1.29, 1.82) is 0 Å². The highest BCUT2D eigenvalue weighted by Gasteiger charge is 2.35. The van der Waals surface area contributed by atoms with E-state index in [4.69, 9.17) is 47.0 Å². The molecule has 1 unspecified atom stereocenters. The summed E-state index contributed by atoms with van der Waals surface area (Å²) in [5, 5.41) is 21.2. The second kappa shape index (κ2) is 9.65. The maximum absolute atomic E-state index is 12.5. The van der Waals surface area contributed by atoms with Gasteiger partial charge in [-0.05, 0) is 35.8 Å². The molecule has 0 aliphatic rings. The second-order valence-electron chi connectivity index (χ2n) is 6.38. The van der Waals surface area contributed by atoms with E-state index < -0.39 is 20.8 Å². The molecule has 160 valence electrons. The number of nitrogens with zero attached hydrogens (tertiary/aromatic N) is 1. The van der Waals surface area contributed by atoms with Crippen LogP contribution in [0.5, 0.6) is 0 Å². The van der Waals surface area contributed by atoms with Crippen molar-refractivity contribution in [1.82, 2.24) is 10.6 Å². The largest absolute Gasteiger partial charge is 0.339 e. The lowest BCUT2D eigenvalue weighted by Crippen LogP contribution is -2.56. The van der Waals surface area contributed by atoms with Crippen LogP contribution in [0.4, 0.5) is 11.4 Å². The summed E-state index contributed by atoms with van der Waals surface area (Å²) >= 11 is 23.4. The Morgan fingerprint density at radius 2 is 1.61 bits per heavy atom. The Labute approximate surface area is 197 Å². The fourth-order valence-corrected chi connectivity index (χ4v) is 3.33. The quantitative estimate of drug-likeness (QED) is 0.148. The van der Waals surface area contributed by atoms with Crippen LogP contribution in [0.2, 0.25) is 0 Å². The number of halogens is 3. The molecular formula is C20H15Cl3N4O3S. The summed E-state index contributed by atoms with van der Waals surface area (Å²) in [6, 6.07) is 18.4. The normalized spacial score (nSPS) is 12.1. The van der Waals surface area contributed by atoms with Crippen LogP contribution < -0.4 is 16.0 Å². The number of hydrogen-bond acceptors (Lipinski definition) is 4.